The van der Waals surface area contributed by atoms with E-state index in [-0.39, 0.29) is 18.4 Å². The number of carbonyl (C=O) groups excluding carboxylic acids is 2. The van der Waals surface area contributed by atoms with Crippen LogP contribution < -0.4 is 10.1 Å². The first-order valence-electron chi connectivity index (χ1n) is 9.99. The summed E-state index contributed by atoms with van der Waals surface area (Å²) >= 11 is 0. The van der Waals surface area contributed by atoms with E-state index < -0.39 is 0 Å². The molecule has 1 aliphatic heterocycles. The number of rotatable bonds is 7. The van der Waals surface area contributed by atoms with Crippen LogP contribution in [0.5, 0.6) is 5.75 Å². The number of nitrogens with zero attached hydrogens (tertiary/aromatic N) is 1. The zero-order chi connectivity index (χ0) is 19.9. The fraction of sp³-hybridized carbons (Fsp3) is 0.391. The van der Waals surface area contributed by atoms with Gasteiger partial charge in [0.2, 0.25) is 0 Å². The molecule has 5 nitrogen and oxygen atoms in total. The highest BCUT2D eigenvalue weighted by Gasteiger charge is 2.22. The minimum Gasteiger partial charge on any atom is -0.484 e. The first-order valence-corrected chi connectivity index (χ1v) is 9.99. The molecule has 2 amide bonds. The van der Waals surface area contributed by atoms with Crippen molar-refractivity contribution < 1.29 is 14.3 Å². The second-order valence-electron chi connectivity index (χ2n) is 7.26. The van der Waals surface area contributed by atoms with Crippen molar-refractivity contribution in [1.29, 1.82) is 0 Å². The molecule has 2 aromatic carbocycles. The standard InChI is InChI=1S/C23H28N2O3/c1-3-17(2)18-10-12-19(13-11-18)28-16-22(26)24-21-9-5-4-8-20(21)23(27)25-14-6-7-15-25/h4-5,8-13,17H,3,6-7,14-16H2,1-2H3,(H,24,26)/t17-/m1/s1. The molecule has 1 atom stereocenters. The average Bonchev–Trinajstić information content (AvgIpc) is 3.27. The van der Waals surface area contributed by atoms with E-state index in [4.69, 9.17) is 4.74 Å². The minimum absolute atomic E-state index is 0.0325. The highest BCUT2D eigenvalue weighted by molar-refractivity contribution is 6.04. The Balaban J connectivity index is 1.58. The number of benzene rings is 2. The minimum atomic E-state index is -0.285. The molecular formula is C23H28N2O3. The van der Waals surface area contributed by atoms with Gasteiger partial charge in [0.15, 0.2) is 6.61 Å². The van der Waals surface area contributed by atoms with Gasteiger partial charge in [0.1, 0.15) is 5.75 Å². The lowest BCUT2D eigenvalue weighted by atomic mass is 9.99. The van der Waals surface area contributed by atoms with Gasteiger partial charge in [0.05, 0.1) is 11.3 Å². The molecule has 1 heterocycles. The lowest BCUT2D eigenvalue weighted by Gasteiger charge is -2.18. The smallest absolute Gasteiger partial charge is 0.262 e. The lowest BCUT2D eigenvalue weighted by Crippen LogP contribution is -2.29. The van der Waals surface area contributed by atoms with Crippen LogP contribution in [-0.2, 0) is 4.79 Å². The fourth-order valence-electron chi connectivity index (χ4n) is 3.33. The Labute approximate surface area is 166 Å². The molecule has 28 heavy (non-hydrogen) atoms. The number of nitrogens with one attached hydrogen (secondary N) is 1. The Morgan fingerprint density at radius 2 is 1.75 bits per heavy atom. The van der Waals surface area contributed by atoms with Crippen molar-refractivity contribution in [2.75, 3.05) is 25.0 Å². The molecule has 1 N–H and O–H groups in total. The third-order valence-electron chi connectivity index (χ3n) is 5.26. The van der Waals surface area contributed by atoms with Gasteiger partial charge in [0.25, 0.3) is 11.8 Å². The molecule has 1 aliphatic rings. The lowest BCUT2D eigenvalue weighted by molar-refractivity contribution is -0.118. The molecule has 0 unspecified atom stereocenters. The van der Waals surface area contributed by atoms with E-state index in [9.17, 15) is 9.59 Å². The number of para-hydroxylation sites is 1. The summed E-state index contributed by atoms with van der Waals surface area (Å²) in [5.74, 6) is 0.841. The maximum atomic E-state index is 12.7. The largest absolute Gasteiger partial charge is 0.484 e. The Hall–Kier alpha value is -2.82. The topological polar surface area (TPSA) is 58.6 Å². The van der Waals surface area contributed by atoms with Gasteiger partial charge in [-0.3, -0.25) is 9.59 Å². The summed E-state index contributed by atoms with van der Waals surface area (Å²) in [4.78, 5) is 26.9. The molecule has 1 fully saturated rings. The van der Waals surface area contributed by atoms with Gasteiger partial charge in [-0.1, -0.05) is 38.1 Å². The summed E-state index contributed by atoms with van der Waals surface area (Å²) in [6.45, 7) is 5.79. The number of amides is 2. The maximum absolute atomic E-state index is 12.7. The number of hydrogen-bond donors (Lipinski definition) is 1. The van der Waals surface area contributed by atoms with Gasteiger partial charge in [-0.15, -0.1) is 0 Å². The monoisotopic (exact) mass is 380 g/mol. The van der Waals surface area contributed by atoms with Gasteiger partial charge in [-0.05, 0) is 55.0 Å². The molecule has 0 saturated carbocycles. The summed E-state index contributed by atoms with van der Waals surface area (Å²) in [6, 6.07) is 15.0. The van der Waals surface area contributed by atoms with Crippen molar-refractivity contribution in [3.8, 4) is 5.75 Å². The van der Waals surface area contributed by atoms with Crippen LogP contribution in [0, 0.1) is 0 Å². The molecule has 0 radical (unpaired) electrons. The summed E-state index contributed by atoms with van der Waals surface area (Å²) in [5.41, 5.74) is 2.31. The molecule has 148 valence electrons. The molecule has 3 rings (SSSR count). The highest BCUT2D eigenvalue weighted by Crippen LogP contribution is 2.22. The maximum Gasteiger partial charge on any atom is 0.262 e. The van der Waals surface area contributed by atoms with E-state index in [1.165, 1.54) is 5.56 Å². The number of ether oxygens (including phenoxy) is 1. The number of carbonyl (C=O) groups is 2. The molecule has 0 aliphatic carbocycles. The Kier molecular flexibility index (Phi) is 6.69. The van der Waals surface area contributed by atoms with Crippen molar-refractivity contribution in [3.05, 3.63) is 59.7 Å². The van der Waals surface area contributed by atoms with Gasteiger partial charge >= 0.3 is 0 Å². The second kappa shape index (κ2) is 9.40. The van der Waals surface area contributed by atoms with Gasteiger partial charge in [0, 0.05) is 13.1 Å². The summed E-state index contributed by atoms with van der Waals surface area (Å²) in [7, 11) is 0. The van der Waals surface area contributed by atoms with Crippen LogP contribution in [0.3, 0.4) is 0 Å². The summed E-state index contributed by atoms with van der Waals surface area (Å²) in [6.07, 6.45) is 3.14. The van der Waals surface area contributed by atoms with Crippen molar-refractivity contribution in [2.24, 2.45) is 0 Å². The third-order valence-corrected chi connectivity index (χ3v) is 5.26. The molecule has 0 spiro atoms. The van der Waals surface area contributed by atoms with E-state index in [0.717, 1.165) is 32.4 Å². The fourth-order valence-corrected chi connectivity index (χ4v) is 3.33. The van der Waals surface area contributed by atoms with Crippen LogP contribution in [-0.4, -0.2) is 36.4 Å². The van der Waals surface area contributed by atoms with Crippen molar-refractivity contribution >= 4 is 17.5 Å². The molecule has 0 aromatic heterocycles. The predicted molar refractivity (Wildman–Crippen MR) is 111 cm³/mol. The average molecular weight is 380 g/mol. The van der Waals surface area contributed by atoms with Crippen LogP contribution >= 0.6 is 0 Å². The van der Waals surface area contributed by atoms with Crippen LogP contribution in [0.4, 0.5) is 5.69 Å². The quantitative estimate of drug-likeness (QED) is 0.772. The van der Waals surface area contributed by atoms with E-state index >= 15 is 0 Å². The van der Waals surface area contributed by atoms with E-state index in [1.807, 2.05) is 41.3 Å². The van der Waals surface area contributed by atoms with E-state index in [2.05, 4.69) is 19.2 Å². The molecule has 0 bridgehead atoms. The van der Waals surface area contributed by atoms with E-state index in [1.54, 1.807) is 12.1 Å². The van der Waals surface area contributed by atoms with Gasteiger partial charge in [-0.2, -0.15) is 0 Å². The Morgan fingerprint density at radius 3 is 2.43 bits per heavy atom. The van der Waals surface area contributed by atoms with Crippen molar-refractivity contribution in [3.63, 3.8) is 0 Å². The Bertz CT molecular complexity index is 811. The van der Waals surface area contributed by atoms with Crippen LogP contribution in [0.2, 0.25) is 0 Å². The summed E-state index contributed by atoms with van der Waals surface area (Å²) in [5, 5.41) is 2.81. The first kappa shape index (κ1) is 19.9. The summed E-state index contributed by atoms with van der Waals surface area (Å²) < 4.78 is 5.60. The van der Waals surface area contributed by atoms with Crippen LogP contribution in [0.15, 0.2) is 48.5 Å². The van der Waals surface area contributed by atoms with Crippen molar-refractivity contribution in [1.82, 2.24) is 4.90 Å². The normalized spacial score (nSPS) is 14.6. The van der Waals surface area contributed by atoms with Crippen LogP contribution in [0.25, 0.3) is 0 Å². The molecular weight excluding hydrogens is 352 g/mol. The molecule has 5 heteroatoms. The van der Waals surface area contributed by atoms with Gasteiger partial charge < -0.3 is 15.0 Å². The number of anilines is 1. The van der Waals surface area contributed by atoms with Crippen molar-refractivity contribution in [2.45, 2.75) is 39.0 Å². The second-order valence-corrected chi connectivity index (χ2v) is 7.26. The first-order chi connectivity index (χ1) is 13.6. The SMILES string of the molecule is CC[C@@H](C)c1ccc(OCC(=O)Nc2ccccc2C(=O)N2CCCC2)cc1. The van der Waals surface area contributed by atoms with Crippen LogP contribution in [0.1, 0.15) is 54.9 Å². The zero-order valence-electron chi connectivity index (χ0n) is 16.6. The number of likely N-dealkylation sites (tertiary alicyclic amines) is 1. The van der Waals surface area contributed by atoms with E-state index in [0.29, 0.717) is 22.9 Å². The molecule has 2 aromatic rings. The zero-order valence-corrected chi connectivity index (χ0v) is 16.6. The Morgan fingerprint density at radius 1 is 1.07 bits per heavy atom. The number of hydrogen-bond acceptors (Lipinski definition) is 3. The third kappa shape index (κ3) is 4.91. The van der Waals surface area contributed by atoms with Gasteiger partial charge in [-0.25, -0.2) is 0 Å². The highest BCUT2D eigenvalue weighted by atomic mass is 16.5. The molecule has 1 saturated heterocycles. The predicted octanol–water partition coefficient (Wildman–Crippen LogP) is 4.45.